The van der Waals surface area contributed by atoms with Crippen LogP contribution in [0, 0.1) is 13.8 Å². The molecular weight excluding hydrogens is 334 g/mol. The molecule has 0 spiro atoms. The van der Waals surface area contributed by atoms with Crippen LogP contribution in [0.4, 0.5) is 0 Å². The van der Waals surface area contributed by atoms with Crippen molar-refractivity contribution in [3.8, 4) is 5.75 Å². The Morgan fingerprint density at radius 1 is 1.25 bits per heavy atom. The summed E-state index contributed by atoms with van der Waals surface area (Å²) in [5, 5.41) is 3.56. The zero-order chi connectivity index (χ0) is 14.7. The highest BCUT2D eigenvalue weighted by Gasteiger charge is 2.20. The van der Waals surface area contributed by atoms with E-state index in [0.717, 1.165) is 16.1 Å². The molecule has 0 bridgehead atoms. The summed E-state index contributed by atoms with van der Waals surface area (Å²) in [6, 6.07) is 8.77. The van der Waals surface area contributed by atoms with Crippen molar-refractivity contribution in [1.82, 2.24) is 5.32 Å². The number of benzene rings is 1. The fourth-order valence-corrected chi connectivity index (χ4v) is 3.88. The smallest absolute Gasteiger partial charge is 0.127 e. The van der Waals surface area contributed by atoms with Crippen LogP contribution in [0.1, 0.15) is 34.5 Å². The quantitative estimate of drug-likeness (QED) is 0.830. The van der Waals surface area contributed by atoms with Crippen molar-refractivity contribution >= 4 is 27.3 Å². The van der Waals surface area contributed by atoms with Crippen LogP contribution in [0.5, 0.6) is 5.75 Å². The molecule has 0 aliphatic carbocycles. The third-order valence-corrected chi connectivity index (χ3v) is 5.20. The zero-order valence-corrected chi connectivity index (χ0v) is 14.7. The topological polar surface area (TPSA) is 21.3 Å². The number of aryl methyl sites for hydroxylation is 1. The molecule has 0 aliphatic rings. The predicted octanol–water partition coefficient (Wildman–Crippen LogP) is 4.83. The highest BCUT2D eigenvalue weighted by molar-refractivity contribution is 9.11. The van der Waals surface area contributed by atoms with Crippen LogP contribution in [0.2, 0.25) is 0 Å². The molecule has 1 aromatic heterocycles. The number of methoxy groups -OCH3 is 1. The number of hydrogen-bond acceptors (Lipinski definition) is 3. The Hall–Kier alpha value is -0.840. The minimum Gasteiger partial charge on any atom is -0.496 e. The lowest BCUT2D eigenvalue weighted by molar-refractivity contribution is 0.401. The van der Waals surface area contributed by atoms with E-state index in [1.54, 1.807) is 18.4 Å². The van der Waals surface area contributed by atoms with Gasteiger partial charge in [-0.05, 0) is 59.6 Å². The van der Waals surface area contributed by atoms with E-state index in [-0.39, 0.29) is 6.04 Å². The second-order valence-electron chi connectivity index (χ2n) is 4.76. The van der Waals surface area contributed by atoms with E-state index < -0.39 is 0 Å². The average molecular weight is 354 g/mol. The van der Waals surface area contributed by atoms with Crippen LogP contribution in [-0.4, -0.2) is 13.7 Å². The van der Waals surface area contributed by atoms with E-state index in [4.69, 9.17) is 4.74 Å². The molecule has 108 valence electrons. The normalized spacial score (nSPS) is 12.4. The number of hydrogen-bond donors (Lipinski definition) is 1. The standard InChI is InChI=1S/C16H20BrNOS/c1-5-18-15(13-8-9-14(17)20-13)12-7-6-10(2)11(3)16(12)19-4/h6-9,15,18H,5H2,1-4H3. The molecule has 0 saturated carbocycles. The van der Waals surface area contributed by atoms with Gasteiger partial charge in [-0.1, -0.05) is 19.1 Å². The molecular formula is C16H20BrNOS. The van der Waals surface area contributed by atoms with Crippen molar-refractivity contribution < 1.29 is 4.74 Å². The summed E-state index contributed by atoms with van der Waals surface area (Å²) >= 11 is 5.30. The van der Waals surface area contributed by atoms with Gasteiger partial charge in [0, 0.05) is 10.4 Å². The highest BCUT2D eigenvalue weighted by atomic mass is 79.9. The van der Waals surface area contributed by atoms with E-state index >= 15 is 0 Å². The zero-order valence-electron chi connectivity index (χ0n) is 12.3. The van der Waals surface area contributed by atoms with E-state index in [1.807, 2.05) is 0 Å². The first-order chi connectivity index (χ1) is 9.58. The van der Waals surface area contributed by atoms with Crippen molar-refractivity contribution in [2.24, 2.45) is 0 Å². The van der Waals surface area contributed by atoms with Crippen LogP contribution in [-0.2, 0) is 0 Å². The summed E-state index contributed by atoms with van der Waals surface area (Å²) in [6.45, 7) is 7.27. The number of halogens is 1. The third-order valence-electron chi connectivity index (χ3n) is 3.51. The Balaban J connectivity index is 2.52. The van der Waals surface area contributed by atoms with Gasteiger partial charge in [-0.2, -0.15) is 0 Å². The molecule has 2 nitrogen and oxygen atoms in total. The van der Waals surface area contributed by atoms with Crippen molar-refractivity contribution in [2.75, 3.05) is 13.7 Å². The lowest BCUT2D eigenvalue weighted by Gasteiger charge is -2.22. The van der Waals surface area contributed by atoms with Gasteiger partial charge in [0.25, 0.3) is 0 Å². The Kier molecular flexibility index (Phi) is 5.24. The Bertz CT molecular complexity index is 594. The van der Waals surface area contributed by atoms with Crippen LogP contribution in [0.15, 0.2) is 28.1 Å². The summed E-state index contributed by atoms with van der Waals surface area (Å²) in [6.07, 6.45) is 0. The number of nitrogens with one attached hydrogen (secondary N) is 1. The molecule has 2 rings (SSSR count). The largest absolute Gasteiger partial charge is 0.496 e. The minimum atomic E-state index is 0.172. The Morgan fingerprint density at radius 2 is 2.00 bits per heavy atom. The molecule has 0 saturated heterocycles. The van der Waals surface area contributed by atoms with E-state index in [2.05, 4.69) is 66.3 Å². The molecule has 1 N–H and O–H groups in total. The van der Waals surface area contributed by atoms with Crippen molar-refractivity contribution in [2.45, 2.75) is 26.8 Å². The minimum absolute atomic E-state index is 0.172. The fraction of sp³-hybridized carbons (Fsp3) is 0.375. The van der Waals surface area contributed by atoms with E-state index in [1.165, 1.54) is 21.6 Å². The SMILES string of the molecule is CCNC(c1ccc(Br)s1)c1ccc(C)c(C)c1OC. The summed E-state index contributed by atoms with van der Waals surface area (Å²) in [5.41, 5.74) is 3.67. The molecule has 0 fully saturated rings. The molecule has 0 radical (unpaired) electrons. The van der Waals surface area contributed by atoms with Crippen LogP contribution >= 0.6 is 27.3 Å². The first kappa shape index (κ1) is 15.5. The molecule has 0 aliphatic heterocycles. The lowest BCUT2D eigenvalue weighted by Crippen LogP contribution is -2.22. The maximum Gasteiger partial charge on any atom is 0.127 e. The molecule has 4 heteroatoms. The number of thiophene rings is 1. The molecule has 20 heavy (non-hydrogen) atoms. The van der Waals surface area contributed by atoms with Crippen LogP contribution < -0.4 is 10.1 Å². The summed E-state index contributed by atoms with van der Waals surface area (Å²) in [7, 11) is 1.75. The maximum atomic E-state index is 5.67. The van der Waals surface area contributed by atoms with Crippen molar-refractivity contribution in [1.29, 1.82) is 0 Å². The van der Waals surface area contributed by atoms with Gasteiger partial charge in [0.05, 0.1) is 16.9 Å². The maximum absolute atomic E-state index is 5.67. The average Bonchev–Trinajstić information content (AvgIpc) is 2.86. The fourth-order valence-electron chi connectivity index (χ4n) is 2.36. The van der Waals surface area contributed by atoms with Gasteiger partial charge in [0.2, 0.25) is 0 Å². The molecule has 0 amide bonds. The second kappa shape index (κ2) is 6.74. The molecule has 1 atom stereocenters. The van der Waals surface area contributed by atoms with E-state index in [9.17, 15) is 0 Å². The van der Waals surface area contributed by atoms with Crippen LogP contribution in [0.25, 0.3) is 0 Å². The predicted molar refractivity (Wildman–Crippen MR) is 90.0 cm³/mol. The van der Waals surface area contributed by atoms with Crippen molar-refractivity contribution in [3.63, 3.8) is 0 Å². The van der Waals surface area contributed by atoms with Crippen molar-refractivity contribution in [3.05, 3.63) is 49.6 Å². The first-order valence-electron chi connectivity index (χ1n) is 6.71. The van der Waals surface area contributed by atoms with Crippen LogP contribution in [0.3, 0.4) is 0 Å². The molecule has 1 heterocycles. The lowest BCUT2D eigenvalue weighted by atomic mass is 9.98. The number of ether oxygens (including phenoxy) is 1. The summed E-state index contributed by atoms with van der Waals surface area (Å²) in [5.74, 6) is 0.987. The monoisotopic (exact) mass is 353 g/mol. The third kappa shape index (κ3) is 3.08. The van der Waals surface area contributed by atoms with Gasteiger partial charge >= 0.3 is 0 Å². The van der Waals surface area contributed by atoms with Gasteiger partial charge in [-0.25, -0.2) is 0 Å². The van der Waals surface area contributed by atoms with Gasteiger partial charge in [-0.3, -0.25) is 0 Å². The van der Waals surface area contributed by atoms with Gasteiger partial charge in [0.15, 0.2) is 0 Å². The Morgan fingerprint density at radius 3 is 2.55 bits per heavy atom. The summed E-state index contributed by atoms with van der Waals surface area (Å²) in [4.78, 5) is 1.29. The molecule has 2 aromatic rings. The van der Waals surface area contributed by atoms with E-state index in [0.29, 0.717) is 0 Å². The molecule has 1 unspecified atom stereocenters. The number of rotatable bonds is 5. The first-order valence-corrected chi connectivity index (χ1v) is 8.32. The van der Waals surface area contributed by atoms with Gasteiger partial charge in [0.1, 0.15) is 5.75 Å². The second-order valence-corrected chi connectivity index (χ2v) is 7.26. The van der Waals surface area contributed by atoms with Gasteiger partial charge in [-0.15, -0.1) is 11.3 Å². The highest BCUT2D eigenvalue weighted by Crippen LogP contribution is 2.37. The van der Waals surface area contributed by atoms with Gasteiger partial charge < -0.3 is 10.1 Å². The Labute approximate surface area is 133 Å². The molecule has 1 aromatic carbocycles. The summed E-state index contributed by atoms with van der Waals surface area (Å²) < 4.78 is 6.82.